The highest BCUT2D eigenvalue weighted by Crippen LogP contribution is 2.37. The first-order chi connectivity index (χ1) is 9.32. The second-order valence-electron chi connectivity index (χ2n) is 6.42. The molecule has 0 aromatic carbocycles. The molecule has 3 heterocycles. The fourth-order valence-corrected chi connectivity index (χ4v) is 2.68. The van der Waals surface area contributed by atoms with Crippen molar-refractivity contribution >= 4 is 24.3 Å². The first-order valence-corrected chi connectivity index (χ1v) is 7.27. The summed E-state index contributed by atoms with van der Waals surface area (Å²) in [5, 5.41) is 0.638. The second-order valence-corrected chi connectivity index (χ2v) is 6.80. The minimum atomic E-state index is -0.520. The molecule has 0 N–H and O–H groups in total. The minimum Gasteiger partial charge on any atom is -0.398 e. The van der Waals surface area contributed by atoms with Gasteiger partial charge in [-0.3, -0.25) is 4.98 Å². The lowest BCUT2D eigenvalue weighted by Gasteiger charge is -2.32. The molecule has 0 amide bonds. The van der Waals surface area contributed by atoms with Crippen molar-refractivity contribution in [2.45, 2.75) is 44.8 Å². The van der Waals surface area contributed by atoms with Crippen LogP contribution in [-0.4, -0.2) is 36.5 Å². The molecular formula is C14H19BClNO3. The van der Waals surface area contributed by atoms with Crippen LogP contribution in [0.3, 0.4) is 0 Å². The van der Waals surface area contributed by atoms with E-state index in [2.05, 4.69) is 4.98 Å². The van der Waals surface area contributed by atoms with Crippen LogP contribution in [-0.2, 0) is 14.0 Å². The fraction of sp³-hybridized carbons (Fsp3) is 0.643. The third-order valence-corrected chi connectivity index (χ3v) is 4.91. The molecule has 3 rings (SSSR count). The van der Waals surface area contributed by atoms with Crippen molar-refractivity contribution in [2.24, 2.45) is 0 Å². The third kappa shape index (κ3) is 2.17. The molecule has 0 bridgehead atoms. The summed E-state index contributed by atoms with van der Waals surface area (Å²) in [7, 11) is -0.520. The molecule has 0 aliphatic carbocycles. The van der Waals surface area contributed by atoms with E-state index in [1.807, 2.05) is 33.8 Å². The van der Waals surface area contributed by atoms with Crippen LogP contribution < -0.4 is 5.59 Å². The summed E-state index contributed by atoms with van der Waals surface area (Å²) in [5.41, 5.74) is 0.948. The zero-order chi connectivity index (χ0) is 14.5. The van der Waals surface area contributed by atoms with E-state index in [4.69, 9.17) is 25.6 Å². The zero-order valence-electron chi connectivity index (χ0n) is 12.3. The number of ether oxygens (including phenoxy) is 1. The molecule has 0 atom stereocenters. The molecule has 6 heteroatoms. The van der Waals surface area contributed by atoms with Crippen LogP contribution in [0.25, 0.3) is 0 Å². The van der Waals surface area contributed by atoms with Crippen molar-refractivity contribution < 1.29 is 14.0 Å². The summed E-state index contributed by atoms with van der Waals surface area (Å²) in [5.74, 6) is 0.353. The van der Waals surface area contributed by atoms with Gasteiger partial charge in [0.15, 0.2) is 0 Å². The molecule has 0 radical (unpaired) electrons. The monoisotopic (exact) mass is 295 g/mol. The van der Waals surface area contributed by atoms with Crippen molar-refractivity contribution in [2.75, 3.05) is 13.2 Å². The highest BCUT2D eigenvalue weighted by Gasteiger charge is 2.53. The molecule has 1 aromatic heterocycles. The average molecular weight is 296 g/mol. The highest BCUT2D eigenvalue weighted by molar-refractivity contribution is 6.64. The lowest BCUT2D eigenvalue weighted by molar-refractivity contribution is 0.00578. The van der Waals surface area contributed by atoms with Gasteiger partial charge < -0.3 is 14.0 Å². The number of aromatic nitrogens is 1. The summed E-state index contributed by atoms with van der Waals surface area (Å²) in [6.45, 7) is 9.50. The lowest BCUT2D eigenvalue weighted by atomic mass is 9.82. The molecule has 1 aromatic rings. The number of nitrogens with zero attached hydrogens (tertiary/aromatic N) is 1. The Morgan fingerprint density at radius 1 is 1.20 bits per heavy atom. The number of hydrogen-bond donors (Lipinski definition) is 0. The van der Waals surface area contributed by atoms with E-state index in [-0.39, 0.29) is 0 Å². The van der Waals surface area contributed by atoms with Crippen LogP contribution in [0.4, 0.5) is 0 Å². The van der Waals surface area contributed by atoms with Crippen molar-refractivity contribution in [3.05, 3.63) is 22.8 Å². The topological polar surface area (TPSA) is 40.6 Å². The maximum absolute atomic E-state index is 6.50. The van der Waals surface area contributed by atoms with Crippen LogP contribution in [0, 0.1) is 0 Å². The van der Waals surface area contributed by atoms with Crippen LogP contribution in [0.2, 0.25) is 5.02 Å². The van der Waals surface area contributed by atoms with E-state index in [1.165, 1.54) is 0 Å². The molecule has 4 nitrogen and oxygen atoms in total. The maximum Gasteiger partial charge on any atom is 0.516 e. The normalized spacial score (nSPS) is 24.8. The number of pyridine rings is 1. The van der Waals surface area contributed by atoms with Crippen LogP contribution in [0.1, 0.15) is 39.2 Å². The smallest absolute Gasteiger partial charge is 0.398 e. The van der Waals surface area contributed by atoms with Gasteiger partial charge in [0.1, 0.15) is 0 Å². The number of hydrogen-bond acceptors (Lipinski definition) is 4. The molecule has 2 fully saturated rings. The Balaban J connectivity index is 1.92. The summed E-state index contributed by atoms with van der Waals surface area (Å²) in [6.07, 6.45) is 1.76. The molecule has 2 aliphatic heterocycles. The molecule has 108 valence electrons. The van der Waals surface area contributed by atoms with Crippen LogP contribution >= 0.6 is 11.6 Å². The average Bonchev–Trinajstić information content (AvgIpc) is 2.48. The SMILES string of the molecule is CC1(C)OB(c2nccc(C3COC3)c2Cl)OC1(C)C. The predicted molar refractivity (Wildman–Crippen MR) is 78.5 cm³/mol. The van der Waals surface area contributed by atoms with E-state index in [9.17, 15) is 0 Å². The van der Waals surface area contributed by atoms with Crippen LogP contribution in [0.15, 0.2) is 12.3 Å². The van der Waals surface area contributed by atoms with Crippen molar-refractivity contribution in [1.82, 2.24) is 4.98 Å². The first kappa shape index (κ1) is 14.3. The number of rotatable bonds is 2. The Bertz CT molecular complexity index is 515. The highest BCUT2D eigenvalue weighted by atomic mass is 35.5. The van der Waals surface area contributed by atoms with Gasteiger partial charge in [-0.25, -0.2) is 0 Å². The van der Waals surface area contributed by atoms with E-state index in [0.717, 1.165) is 5.56 Å². The largest absolute Gasteiger partial charge is 0.516 e. The Morgan fingerprint density at radius 3 is 2.30 bits per heavy atom. The Labute approximate surface area is 124 Å². The molecular weight excluding hydrogens is 276 g/mol. The van der Waals surface area contributed by atoms with Gasteiger partial charge in [0.05, 0.1) is 35.0 Å². The first-order valence-electron chi connectivity index (χ1n) is 6.89. The van der Waals surface area contributed by atoms with Crippen molar-refractivity contribution in [1.29, 1.82) is 0 Å². The van der Waals surface area contributed by atoms with E-state index < -0.39 is 18.3 Å². The van der Waals surface area contributed by atoms with E-state index in [0.29, 0.717) is 29.7 Å². The molecule has 2 aliphatic rings. The van der Waals surface area contributed by atoms with Crippen LogP contribution in [0.5, 0.6) is 0 Å². The van der Waals surface area contributed by atoms with Crippen molar-refractivity contribution in [3.63, 3.8) is 0 Å². The molecule has 2 saturated heterocycles. The van der Waals surface area contributed by atoms with Gasteiger partial charge in [-0.2, -0.15) is 0 Å². The Kier molecular flexibility index (Phi) is 3.37. The van der Waals surface area contributed by atoms with Gasteiger partial charge in [-0.05, 0) is 39.3 Å². The van der Waals surface area contributed by atoms with Gasteiger partial charge in [-0.15, -0.1) is 0 Å². The lowest BCUT2D eigenvalue weighted by Crippen LogP contribution is -2.41. The summed E-state index contributed by atoms with van der Waals surface area (Å²) >= 11 is 6.50. The van der Waals surface area contributed by atoms with Crippen molar-refractivity contribution in [3.8, 4) is 0 Å². The quantitative estimate of drug-likeness (QED) is 0.784. The molecule has 20 heavy (non-hydrogen) atoms. The maximum atomic E-state index is 6.50. The second kappa shape index (κ2) is 4.70. The molecule has 0 saturated carbocycles. The third-order valence-electron chi connectivity index (χ3n) is 4.50. The van der Waals surface area contributed by atoms with Gasteiger partial charge in [0, 0.05) is 12.1 Å². The van der Waals surface area contributed by atoms with Gasteiger partial charge >= 0.3 is 7.12 Å². The fourth-order valence-electron chi connectivity index (χ4n) is 2.33. The van der Waals surface area contributed by atoms with Gasteiger partial charge in [0.2, 0.25) is 0 Å². The van der Waals surface area contributed by atoms with E-state index in [1.54, 1.807) is 6.20 Å². The molecule has 0 unspecified atom stereocenters. The predicted octanol–water partition coefficient (Wildman–Crippen LogP) is 2.15. The number of halogens is 1. The minimum absolute atomic E-state index is 0.353. The Morgan fingerprint density at radius 2 is 1.80 bits per heavy atom. The molecule has 0 spiro atoms. The summed E-state index contributed by atoms with van der Waals surface area (Å²) in [4.78, 5) is 4.37. The van der Waals surface area contributed by atoms with E-state index >= 15 is 0 Å². The summed E-state index contributed by atoms with van der Waals surface area (Å²) in [6, 6.07) is 1.95. The Hall–Kier alpha value is -0.615. The van der Waals surface area contributed by atoms with Gasteiger partial charge in [0.25, 0.3) is 0 Å². The van der Waals surface area contributed by atoms with Gasteiger partial charge in [-0.1, -0.05) is 11.6 Å². The standard InChI is InChI=1S/C14H19BClNO3/c1-13(2)14(3,4)20-15(19-13)12-11(16)10(5-6-17-12)9-7-18-8-9/h5-6,9H,7-8H2,1-4H3. The summed E-state index contributed by atoms with van der Waals surface area (Å²) < 4.78 is 17.3. The zero-order valence-corrected chi connectivity index (χ0v) is 13.0.